The van der Waals surface area contributed by atoms with Gasteiger partial charge in [-0.3, -0.25) is 0 Å². The average Bonchev–Trinajstić information content (AvgIpc) is 2.65. The van der Waals surface area contributed by atoms with E-state index in [9.17, 15) is 9.59 Å². The van der Waals surface area contributed by atoms with E-state index in [1.54, 1.807) is 6.08 Å². The number of esters is 2. The number of carbonyl (C=O) groups is 2. The first-order valence-electron chi connectivity index (χ1n) is 8.74. The molecule has 0 spiro atoms. The van der Waals surface area contributed by atoms with E-state index in [1.807, 2.05) is 19.1 Å². The van der Waals surface area contributed by atoms with Crippen molar-refractivity contribution < 1.29 is 28.7 Å². The van der Waals surface area contributed by atoms with Crippen LogP contribution in [0.2, 0.25) is 0 Å². The van der Waals surface area contributed by atoms with Crippen molar-refractivity contribution in [1.82, 2.24) is 0 Å². The summed E-state index contributed by atoms with van der Waals surface area (Å²) in [6, 6.07) is 0. The predicted molar refractivity (Wildman–Crippen MR) is 105 cm³/mol. The van der Waals surface area contributed by atoms with Gasteiger partial charge in [0.25, 0.3) is 0 Å². The van der Waals surface area contributed by atoms with Crippen LogP contribution in [0.4, 0.5) is 0 Å². The van der Waals surface area contributed by atoms with E-state index in [0.717, 1.165) is 12.5 Å². The Bertz CT molecular complexity index is 473. The van der Waals surface area contributed by atoms with E-state index in [4.69, 9.17) is 9.59 Å². The number of hydrogen-bond donors (Lipinski definition) is 0. The van der Waals surface area contributed by atoms with Gasteiger partial charge in [0.15, 0.2) is 0 Å². The summed E-state index contributed by atoms with van der Waals surface area (Å²) in [5, 5.41) is 0. The number of ether oxygens (including phenoxy) is 2. The topological polar surface area (TPSA) is 86.7 Å². The van der Waals surface area contributed by atoms with Gasteiger partial charge in [-0.2, -0.15) is 9.59 Å². The molecule has 0 saturated carbocycles. The summed E-state index contributed by atoms with van der Waals surface area (Å²) >= 11 is 0. The van der Waals surface area contributed by atoms with Crippen LogP contribution in [-0.4, -0.2) is 32.3 Å². The molecule has 0 amide bonds. The van der Waals surface area contributed by atoms with Gasteiger partial charge in [-0.15, -0.1) is 0 Å². The summed E-state index contributed by atoms with van der Waals surface area (Å²) in [6.07, 6.45) is 22.2. The average molecular weight is 380 g/mol. The van der Waals surface area contributed by atoms with Gasteiger partial charge in [0.2, 0.25) is 0 Å². The summed E-state index contributed by atoms with van der Waals surface area (Å²) in [5.41, 5.74) is 0. The van der Waals surface area contributed by atoms with Crippen molar-refractivity contribution >= 4 is 18.1 Å². The monoisotopic (exact) mass is 380 g/mol. The molecule has 0 aromatic rings. The molecule has 1 aliphatic rings. The Morgan fingerprint density at radius 1 is 0.963 bits per heavy atom. The molecule has 152 valence electrons. The molecule has 27 heavy (non-hydrogen) atoms. The first kappa shape index (κ1) is 29.1. The normalized spacial score (nSPS) is 12.4. The lowest BCUT2D eigenvalue weighted by Crippen LogP contribution is -1.92. The van der Waals surface area contributed by atoms with Crippen molar-refractivity contribution in [2.24, 2.45) is 0 Å². The van der Waals surface area contributed by atoms with Crippen LogP contribution >= 0.6 is 0 Å². The maximum absolute atomic E-state index is 10.4. The Morgan fingerprint density at radius 2 is 1.44 bits per heavy atom. The minimum absolute atomic E-state index is 0.250. The number of carbonyl (C=O) groups excluding carboxylic acids is 4. The Labute approximate surface area is 162 Å². The van der Waals surface area contributed by atoms with Crippen molar-refractivity contribution in [3.05, 3.63) is 49.1 Å². The molecule has 0 saturated heterocycles. The Hall–Kier alpha value is -2.72. The zero-order valence-electron chi connectivity index (χ0n) is 16.6. The van der Waals surface area contributed by atoms with Crippen molar-refractivity contribution in [1.29, 1.82) is 0 Å². The van der Waals surface area contributed by atoms with Crippen LogP contribution in [0.5, 0.6) is 0 Å². The highest BCUT2D eigenvalue weighted by molar-refractivity contribution is 5.81. The van der Waals surface area contributed by atoms with Gasteiger partial charge in [-0.25, -0.2) is 9.59 Å². The summed E-state index contributed by atoms with van der Waals surface area (Å²) in [5.74, 6) is -0.695. The predicted octanol–water partition coefficient (Wildman–Crippen LogP) is 4.34. The van der Waals surface area contributed by atoms with Crippen molar-refractivity contribution in [2.45, 2.75) is 51.9 Å². The SMILES string of the molecule is C/C=C/C/C=C/C(=O)OC.C1=CCCCCCC1.C=CC(=O)OC.O=C=O. The minimum atomic E-state index is -0.394. The molecule has 0 radical (unpaired) electrons. The summed E-state index contributed by atoms with van der Waals surface area (Å²) in [7, 11) is 2.67. The highest BCUT2D eigenvalue weighted by Crippen LogP contribution is 2.09. The zero-order chi connectivity index (χ0) is 21.2. The van der Waals surface area contributed by atoms with Crippen molar-refractivity contribution in [3.63, 3.8) is 0 Å². The fourth-order valence-corrected chi connectivity index (χ4v) is 1.64. The molecule has 0 fully saturated rings. The Morgan fingerprint density at radius 3 is 1.78 bits per heavy atom. The van der Waals surface area contributed by atoms with Gasteiger partial charge in [0.05, 0.1) is 14.2 Å². The molecule has 0 N–H and O–H groups in total. The summed E-state index contributed by atoms with van der Waals surface area (Å²) < 4.78 is 8.52. The smallest absolute Gasteiger partial charge is 0.373 e. The van der Waals surface area contributed by atoms with Gasteiger partial charge in [-0.1, -0.05) is 49.8 Å². The van der Waals surface area contributed by atoms with Crippen LogP contribution in [0.15, 0.2) is 49.1 Å². The van der Waals surface area contributed by atoms with Crippen molar-refractivity contribution in [2.75, 3.05) is 14.2 Å². The second-order valence-corrected chi connectivity index (χ2v) is 5.00. The van der Waals surface area contributed by atoms with Gasteiger partial charge in [0.1, 0.15) is 0 Å². The zero-order valence-corrected chi connectivity index (χ0v) is 16.6. The highest BCUT2D eigenvalue weighted by Gasteiger charge is 1.90. The number of hydrogen-bond acceptors (Lipinski definition) is 6. The molecule has 6 nitrogen and oxygen atoms in total. The molecule has 0 heterocycles. The second-order valence-electron chi connectivity index (χ2n) is 5.00. The first-order valence-corrected chi connectivity index (χ1v) is 8.74. The molecule has 0 aromatic heterocycles. The Kier molecular flexibility index (Phi) is 30.2. The molecule has 0 atom stereocenters. The lowest BCUT2D eigenvalue weighted by molar-refractivity contribution is -0.191. The van der Waals surface area contributed by atoms with E-state index >= 15 is 0 Å². The molecule has 0 aliphatic heterocycles. The van der Waals surface area contributed by atoms with Crippen LogP contribution in [0, 0.1) is 0 Å². The third-order valence-corrected chi connectivity index (χ3v) is 2.99. The van der Waals surface area contributed by atoms with E-state index in [0.29, 0.717) is 0 Å². The van der Waals surface area contributed by atoms with E-state index < -0.39 is 5.97 Å². The fourth-order valence-electron chi connectivity index (χ4n) is 1.64. The molecule has 1 rings (SSSR count). The molecule has 0 bridgehead atoms. The maximum atomic E-state index is 10.4. The molecule has 1 aliphatic carbocycles. The van der Waals surface area contributed by atoms with E-state index in [1.165, 1.54) is 58.8 Å². The second kappa shape index (κ2) is 28.1. The van der Waals surface area contributed by atoms with Crippen LogP contribution in [0.1, 0.15) is 51.9 Å². The third kappa shape index (κ3) is 35.3. The molecule has 0 aromatic carbocycles. The van der Waals surface area contributed by atoms with Crippen molar-refractivity contribution in [3.8, 4) is 0 Å². The fraction of sp³-hybridized carbons (Fsp3) is 0.476. The van der Waals surface area contributed by atoms with E-state index in [2.05, 4.69) is 28.2 Å². The quantitative estimate of drug-likeness (QED) is 0.410. The summed E-state index contributed by atoms with van der Waals surface area (Å²) in [6.45, 7) is 5.09. The first-order chi connectivity index (χ1) is 13.0. The van der Waals surface area contributed by atoms with Gasteiger partial charge >= 0.3 is 18.1 Å². The molecule has 6 heteroatoms. The van der Waals surface area contributed by atoms with Crippen LogP contribution in [0.25, 0.3) is 0 Å². The van der Waals surface area contributed by atoms with Crippen LogP contribution < -0.4 is 0 Å². The molecule has 0 unspecified atom stereocenters. The molecular weight excluding hydrogens is 348 g/mol. The highest BCUT2D eigenvalue weighted by atomic mass is 16.5. The van der Waals surface area contributed by atoms with Gasteiger partial charge < -0.3 is 9.47 Å². The number of methoxy groups -OCH3 is 2. The van der Waals surface area contributed by atoms with E-state index in [-0.39, 0.29) is 12.1 Å². The van der Waals surface area contributed by atoms with Gasteiger partial charge in [-0.05, 0) is 39.0 Å². The number of rotatable bonds is 4. The maximum Gasteiger partial charge on any atom is 0.373 e. The van der Waals surface area contributed by atoms with Gasteiger partial charge in [0, 0.05) is 12.2 Å². The van der Waals surface area contributed by atoms with Crippen LogP contribution in [0.3, 0.4) is 0 Å². The lowest BCUT2D eigenvalue weighted by atomic mass is 10.1. The minimum Gasteiger partial charge on any atom is -0.466 e. The molecular formula is C21H32O6. The standard InChI is InChI=1S/C8H12O2.C8H14.C4H6O2.CO2/c1-3-4-5-6-7-8(9)10-2;1-2-4-6-8-7-5-3-1;1-3-4(5)6-2;2-1-3/h3-4,6-7H,5H2,1-2H3;1-2H,3-8H2;3H,1H2,2H3;/b4-3+,7-6+;;;. The third-order valence-electron chi connectivity index (χ3n) is 2.99. The van der Waals surface area contributed by atoms with Crippen LogP contribution in [-0.2, 0) is 28.7 Å². The summed E-state index contributed by atoms with van der Waals surface area (Å²) in [4.78, 5) is 36.5. The number of allylic oxidation sites excluding steroid dienone is 5. The largest absolute Gasteiger partial charge is 0.466 e. The Balaban J connectivity index is -0.000000305. The lowest BCUT2D eigenvalue weighted by Gasteiger charge is -2.00.